The van der Waals surface area contributed by atoms with Crippen LogP contribution >= 0.6 is 11.6 Å². The summed E-state index contributed by atoms with van der Waals surface area (Å²) in [6.07, 6.45) is 1.74. The Morgan fingerprint density at radius 2 is 1.67 bits per heavy atom. The molecule has 3 aromatic rings. The number of benzene rings is 3. The first-order valence-corrected chi connectivity index (χ1v) is 14.8. The molecule has 0 bridgehead atoms. The molecule has 1 unspecified atom stereocenters. The second-order valence-electron chi connectivity index (χ2n) is 9.57. The number of unbranched alkanes of at least 4 members (excludes halogenated alkanes) is 1. The maximum Gasteiger partial charge on any atom is 0.264 e. The monoisotopic (exact) mass is 569 g/mol. The number of carbonyl (C=O) groups is 2. The highest BCUT2D eigenvalue weighted by Crippen LogP contribution is 2.27. The molecule has 7 nitrogen and oxygen atoms in total. The number of hydrogen-bond acceptors (Lipinski definition) is 4. The van der Waals surface area contributed by atoms with E-state index in [4.69, 9.17) is 11.6 Å². The van der Waals surface area contributed by atoms with Crippen LogP contribution in [0.25, 0.3) is 0 Å². The number of hydrogen-bond donors (Lipinski definition) is 1. The van der Waals surface area contributed by atoms with E-state index in [1.54, 1.807) is 37.3 Å². The molecule has 9 heteroatoms. The zero-order valence-electron chi connectivity index (χ0n) is 22.9. The van der Waals surface area contributed by atoms with Crippen LogP contribution in [0, 0.1) is 13.8 Å². The van der Waals surface area contributed by atoms with Crippen LogP contribution in [-0.2, 0) is 26.2 Å². The topological polar surface area (TPSA) is 86.8 Å². The molecule has 0 aliphatic heterocycles. The van der Waals surface area contributed by atoms with Crippen molar-refractivity contribution in [1.29, 1.82) is 0 Å². The zero-order chi connectivity index (χ0) is 28.6. The Balaban J connectivity index is 2.01. The lowest BCUT2D eigenvalue weighted by Gasteiger charge is -2.32. The maximum atomic E-state index is 13.9. The van der Waals surface area contributed by atoms with Gasteiger partial charge in [-0.15, -0.1) is 0 Å². The molecule has 208 valence electrons. The summed E-state index contributed by atoms with van der Waals surface area (Å²) in [4.78, 5) is 28.5. The number of anilines is 1. The minimum atomic E-state index is -4.13. The van der Waals surface area contributed by atoms with E-state index >= 15 is 0 Å². The fraction of sp³-hybridized carbons (Fsp3) is 0.333. The molecule has 0 spiro atoms. The Hall–Kier alpha value is -3.36. The summed E-state index contributed by atoms with van der Waals surface area (Å²) >= 11 is 6.21. The Kier molecular flexibility index (Phi) is 10.5. The summed E-state index contributed by atoms with van der Waals surface area (Å²) in [5.74, 6) is -0.798. The minimum Gasteiger partial charge on any atom is -0.354 e. The summed E-state index contributed by atoms with van der Waals surface area (Å²) in [5, 5.41) is 3.23. The SMILES string of the molecule is CCCCNC(=O)C(C)N(Cc1ccccc1C)C(=O)CN(c1cccc(Cl)c1)S(=O)(=O)c1ccc(C)cc1. The minimum absolute atomic E-state index is 0.0525. The molecule has 0 radical (unpaired) electrons. The van der Waals surface area contributed by atoms with Crippen molar-refractivity contribution in [2.24, 2.45) is 0 Å². The zero-order valence-corrected chi connectivity index (χ0v) is 24.4. The van der Waals surface area contributed by atoms with E-state index in [2.05, 4.69) is 5.32 Å². The van der Waals surface area contributed by atoms with Gasteiger partial charge in [-0.05, 0) is 68.7 Å². The van der Waals surface area contributed by atoms with E-state index in [0.717, 1.165) is 33.8 Å². The molecule has 0 saturated carbocycles. The van der Waals surface area contributed by atoms with E-state index in [1.807, 2.05) is 45.0 Å². The first-order valence-electron chi connectivity index (χ1n) is 13.0. The van der Waals surface area contributed by atoms with Crippen LogP contribution < -0.4 is 9.62 Å². The third kappa shape index (κ3) is 7.83. The third-order valence-corrected chi connectivity index (χ3v) is 8.61. The van der Waals surface area contributed by atoms with E-state index in [-0.39, 0.29) is 23.0 Å². The quantitative estimate of drug-likeness (QED) is 0.292. The smallest absolute Gasteiger partial charge is 0.264 e. The molecule has 0 heterocycles. The number of halogens is 1. The van der Waals surface area contributed by atoms with E-state index in [1.165, 1.54) is 23.1 Å². The van der Waals surface area contributed by atoms with Gasteiger partial charge in [-0.2, -0.15) is 0 Å². The van der Waals surface area contributed by atoms with Gasteiger partial charge < -0.3 is 10.2 Å². The molecule has 0 aromatic heterocycles. The summed E-state index contributed by atoms with van der Waals surface area (Å²) in [6, 6.07) is 19.6. The third-order valence-electron chi connectivity index (χ3n) is 6.58. The van der Waals surface area contributed by atoms with Gasteiger partial charge in [0.2, 0.25) is 11.8 Å². The van der Waals surface area contributed by atoms with Gasteiger partial charge in [0.05, 0.1) is 10.6 Å². The normalized spacial score (nSPS) is 12.0. The van der Waals surface area contributed by atoms with Crippen LogP contribution in [0.2, 0.25) is 5.02 Å². The van der Waals surface area contributed by atoms with Crippen molar-refractivity contribution in [1.82, 2.24) is 10.2 Å². The Labute approximate surface area is 236 Å². The number of nitrogens with one attached hydrogen (secondary N) is 1. The summed E-state index contributed by atoms with van der Waals surface area (Å²) in [5.41, 5.74) is 3.00. The second kappa shape index (κ2) is 13.6. The molecule has 1 atom stereocenters. The van der Waals surface area contributed by atoms with Crippen molar-refractivity contribution in [3.63, 3.8) is 0 Å². The van der Waals surface area contributed by atoms with Crippen molar-refractivity contribution in [3.8, 4) is 0 Å². The predicted molar refractivity (Wildman–Crippen MR) is 156 cm³/mol. The number of carbonyl (C=O) groups excluding carboxylic acids is 2. The number of sulfonamides is 1. The molecular formula is C30H36ClN3O4S. The molecule has 0 saturated heterocycles. The second-order valence-corrected chi connectivity index (χ2v) is 11.9. The van der Waals surface area contributed by atoms with Crippen molar-refractivity contribution >= 4 is 39.1 Å². The summed E-state index contributed by atoms with van der Waals surface area (Å²) < 4.78 is 28.7. The highest BCUT2D eigenvalue weighted by molar-refractivity contribution is 7.92. The van der Waals surface area contributed by atoms with Crippen LogP contribution in [0.5, 0.6) is 0 Å². The van der Waals surface area contributed by atoms with Crippen LogP contribution in [-0.4, -0.2) is 44.3 Å². The van der Waals surface area contributed by atoms with Gasteiger partial charge in [0.15, 0.2) is 0 Å². The average Bonchev–Trinajstić information content (AvgIpc) is 2.91. The standard InChI is InChI=1S/C30H36ClN3O4S/c1-5-6-18-32-30(36)24(4)33(20-25-11-8-7-10-23(25)3)29(35)21-34(27-13-9-12-26(31)19-27)39(37,38)28-16-14-22(2)15-17-28/h7-17,19,24H,5-6,18,20-21H2,1-4H3,(H,32,36). The number of rotatable bonds is 12. The van der Waals surface area contributed by atoms with Crippen molar-refractivity contribution in [2.75, 3.05) is 17.4 Å². The van der Waals surface area contributed by atoms with Crippen LogP contribution in [0.15, 0.2) is 77.7 Å². The molecule has 1 N–H and O–H groups in total. The highest BCUT2D eigenvalue weighted by Gasteiger charge is 2.32. The predicted octanol–water partition coefficient (Wildman–Crippen LogP) is 5.49. The van der Waals surface area contributed by atoms with Crippen LogP contribution in [0.3, 0.4) is 0 Å². The lowest BCUT2D eigenvalue weighted by Crippen LogP contribution is -2.51. The molecule has 3 aromatic carbocycles. The summed E-state index contributed by atoms with van der Waals surface area (Å²) in [6.45, 7) is 7.65. The number of aryl methyl sites for hydroxylation is 2. The van der Waals surface area contributed by atoms with Gasteiger partial charge in [-0.1, -0.05) is 73.0 Å². The molecule has 3 rings (SSSR count). The lowest BCUT2D eigenvalue weighted by molar-refractivity contribution is -0.139. The fourth-order valence-corrected chi connectivity index (χ4v) is 5.68. The van der Waals surface area contributed by atoms with Crippen molar-refractivity contribution in [2.45, 2.75) is 58.0 Å². The Morgan fingerprint density at radius 3 is 2.31 bits per heavy atom. The van der Waals surface area contributed by atoms with Crippen LogP contribution in [0.1, 0.15) is 43.4 Å². The molecule has 2 amide bonds. The largest absolute Gasteiger partial charge is 0.354 e. The van der Waals surface area contributed by atoms with Gasteiger partial charge in [0.25, 0.3) is 10.0 Å². The van der Waals surface area contributed by atoms with Gasteiger partial charge in [-0.25, -0.2) is 8.42 Å². The first kappa shape index (κ1) is 30.2. The molecule has 0 fully saturated rings. The fourth-order valence-electron chi connectivity index (χ4n) is 4.09. The number of amides is 2. The van der Waals surface area contributed by atoms with Crippen molar-refractivity contribution < 1.29 is 18.0 Å². The van der Waals surface area contributed by atoms with Gasteiger partial charge in [-0.3, -0.25) is 13.9 Å². The Morgan fingerprint density at radius 1 is 0.974 bits per heavy atom. The molecule has 0 aliphatic carbocycles. The van der Waals surface area contributed by atoms with Gasteiger partial charge >= 0.3 is 0 Å². The first-order chi connectivity index (χ1) is 18.5. The molecule has 0 aliphatic rings. The van der Waals surface area contributed by atoms with E-state index < -0.39 is 28.5 Å². The van der Waals surface area contributed by atoms with E-state index in [9.17, 15) is 18.0 Å². The van der Waals surface area contributed by atoms with E-state index in [0.29, 0.717) is 11.6 Å². The summed E-state index contributed by atoms with van der Waals surface area (Å²) in [7, 11) is -4.13. The lowest BCUT2D eigenvalue weighted by atomic mass is 10.1. The van der Waals surface area contributed by atoms with Crippen molar-refractivity contribution in [3.05, 3.63) is 94.5 Å². The highest BCUT2D eigenvalue weighted by atomic mass is 35.5. The Bertz CT molecular complexity index is 1390. The number of nitrogens with zero attached hydrogens (tertiary/aromatic N) is 2. The van der Waals surface area contributed by atoms with Gasteiger partial charge in [0, 0.05) is 18.1 Å². The molecular weight excluding hydrogens is 534 g/mol. The maximum absolute atomic E-state index is 13.9. The van der Waals surface area contributed by atoms with Crippen LogP contribution in [0.4, 0.5) is 5.69 Å². The average molecular weight is 570 g/mol. The molecule has 39 heavy (non-hydrogen) atoms. The van der Waals surface area contributed by atoms with Gasteiger partial charge in [0.1, 0.15) is 12.6 Å².